The number of hydrogen-bond acceptors (Lipinski definition) is 3. The molecule has 0 bridgehead atoms. The summed E-state index contributed by atoms with van der Waals surface area (Å²) < 4.78 is 0. The molecule has 2 N–H and O–H groups in total. The average Bonchev–Trinajstić information content (AvgIpc) is 3.30. The number of anilines is 1. The van der Waals surface area contributed by atoms with Crippen molar-refractivity contribution in [3.63, 3.8) is 0 Å². The SMILES string of the molecule is CNc1ncc(C(=O)NCCC2CC2)c2ccccc12. The zero-order valence-corrected chi connectivity index (χ0v) is 11.6. The molecule has 1 aromatic carbocycles. The van der Waals surface area contributed by atoms with Crippen molar-refractivity contribution < 1.29 is 4.79 Å². The third kappa shape index (κ3) is 2.59. The molecular weight excluding hydrogens is 250 g/mol. The number of nitrogens with zero attached hydrogens (tertiary/aromatic N) is 1. The van der Waals surface area contributed by atoms with Crippen LogP contribution in [0.1, 0.15) is 29.6 Å². The number of carbonyl (C=O) groups excluding carboxylic acids is 1. The summed E-state index contributed by atoms with van der Waals surface area (Å²) in [6.45, 7) is 0.756. The number of hydrogen-bond donors (Lipinski definition) is 2. The number of benzene rings is 1. The van der Waals surface area contributed by atoms with Crippen molar-refractivity contribution in [2.45, 2.75) is 19.3 Å². The smallest absolute Gasteiger partial charge is 0.253 e. The lowest BCUT2D eigenvalue weighted by Crippen LogP contribution is -2.25. The number of pyridine rings is 1. The van der Waals surface area contributed by atoms with Crippen LogP contribution in [0.3, 0.4) is 0 Å². The minimum atomic E-state index is -0.0306. The predicted octanol–water partition coefficient (Wildman–Crippen LogP) is 2.81. The topological polar surface area (TPSA) is 54.0 Å². The van der Waals surface area contributed by atoms with Gasteiger partial charge in [0.25, 0.3) is 5.91 Å². The Labute approximate surface area is 118 Å². The standard InChI is InChI=1S/C16H19N3O/c1-17-15-13-5-3-2-4-12(13)14(10-19-15)16(20)18-9-8-11-6-7-11/h2-5,10-11H,6-9H2,1H3,(H,17,19)(H,18,20). The van der Waals surface area contributed by atoms with Crippen molar-refractivity contribution in [1.29, 1.82) is 0 Å². The summed E-state index contributed by atoms with van der Waals surface area (Å²) in [4.78, 5) is 16.6. The van der Waals surface area contributed by atoms with Gasteiger partial charge in [0.1, 0.15) is 5.82 Å². The average molecular weight is 269 g/mol. The van der Waals surface area contributed by atoms with Gasteiger partial charge in [-0.3, -0.25) is 4.79 Å². The first-order chi connectivity index (χ1) is 9.79. The van der Waals surface area contributed by atoms with Crippen LogP contribution in [0.25, 0.3) is 10.8 Å². The Morgan fingerprint density at radius 1 is 1.30 bits per heavy atom. The second-order valence-corrected chi connectivity index (χ2v) is 5.30. The molecule has 4 heteroatoms. The maximum absolute atomic E-state index is 12.3. The minimum absolute atomic E-state index is 0.0306. The first-order valence-corrected chi connectivity index (χ1v) is 7.13. The molecule has 0 radical (unpaired) electrons. The maximum Gasteiger partial charge on any atom is 0.253 e. The molecule has 1 aromatic heterocycles. The fourth-order valence-corrected chi connectivity index (χ4v) is 2.46. The highest BCUT2D eigenvalue weighted by atomic mass is 16.1. The van der Waals surface area contributed by atoms with Gasteiger partial charge < -0.3 is 10.6 Å². The normalized spacial score (nSPS) is 14.2. The van der Waals surface area contributed by atoms with E-state index < -0.39 is 0 Å². The van der Waals surface area contributed by atoms with Gasteiger partial charge in [0, 0.05) is 25.2 Å². The summed E-state index contributed by atoms with van der Waals surface area (Å²) in [5.41, 5.74) is 0.649. The Balaban J connectivity index is 1.84. The highest BCUT2D eigenvalue weighted by Gasteiger charge is 2.21. The lowest BCUT2D eigenvalue weighted by molar-refractivity contribution is 0.0954. The van der Waals surface area contributed by atoms with Gasteiger partial charge in [-0.25, -0.2) is 4.98 Å². The van der Waals surface area contributed by atoms with E-state index in [-0.39, 0.29) is 5.91 Å². The minimum Gasteiger partial charge on any atom is -0.373 e. The molecule has 1 aliphatic carbocycles. The van der Waals surface area contributed by atoms with Crippen LogP contribution in [0.5, 0.6) is 0 Å². The van der Waals surface area contributed by atoms with Crippen LogP contribution in [0, 0.1) is 5.92 Å². The Morgan fingerprint density at radius 2 is 2.05 bits per heavy atom. The molecule has 1 fully saturated rings. The Morgan fingerprint density at radius 3 is 2.75 bits per heavy atom. The van der Waals surface area contributed by atoms with Crippen LogP contribution in [0.4, 0.5) is 5.82 Å². The van der Waals surface area contributed by atoms with Gasteiger partial charge in [-0.15, -0.1) is 0 Å². The zero-order chi connectivity index (χ0) is 13.9. The number of aromatic nitrogens is 1. The van der Waals surface area contributed by atoms with Gasteiger partial charge in [0.2, 0.25) is 0 Å². The largest absolute Gasteiger partial charge is 0.373 e. The lowest BCUT2D eigenvalue weighted by atomic mass is 10.1. The van der Waals surface area contributed by atoms with E-state index in [1.807, 2.05) is 31.3 Å². The second-order valence-electron chi connectivity index (χ2n) is 5.30. The van der Waals surface area contributed by atoms with E-state index in [1.54, 1.807) is 6.20 Å². The Kier molecular flexibility index (Phi) is 3.54. The van der Waals surface area contributed by atoms with Gasteiger partial charge >= 0.3 is 0 Å². The molecule has 4 nitrogen and oxygen atoms in total. The summed E-state index contributed by atoms with van der Waals surface area (Å²) in [5, 5.41) is 7.98. The molecule has 104 valence electrons. The van der Waals surface area contributed by atoms with Crippen molar-refractivity contribution in [1.82, 2.24) is 10.3 Å². The van der Waals surface area contributed by atoms with Crippen LogP contribution in [0.2, 0.25) is 0 Å². The summed E-state index contributed by atoms with van der Waals surface area (Å²) >= 11 is 0. The van der Waals surface area contributed by atoms with Gasteiger partial charge in [-0.1, -0.05) is 37.1 Å². The van der Waals surface area contributed by atoms with E-state index in [0.29, 0.717) is 5.56 Å². The van der Waals surface area contributed by atoms with E-state index in [1.165, 1.54) is 12.8 Å². The second kappa shape index (κ2) is 5.49. The van der Waals surface area contributed by atoms with E-state index in [0.717, 1.165) is 35.5 Å². The molecule has 1 saturated carbocycles. The molecule has 1 amide bonds. The van der Waals surface area contributed by atoms with Gasteiger partial charge in [0.05, 0.1) is 5.56 Å². The van der Waals surface area contributed by atoms with Crippen LogP contribution in [-0.4, -0.2) is 24.5 Å². The molecule has 2 aromatic rings. The van der Waals surface area contributed by atoms with Crippen LogP contribution >= 0.6 is 0 Å². The molecule has 1 heterocycles. The first-order valence-electron chi connectivity index (χ1n) is 7.13. The van der Waals surface area contributed by atoms with Crippen LogP contribution in [0.15, 0.2) is 30.5 Å². The molecule has 3 rings (SSSR count). The molecule has 0 spiro atoms. The molecule has 0 saturated heterocycles. The molecular formula is C16H19N3O. The van der Waals surface area contributed by atoms with Crippen LogP contribution in [-0.2, 0) is 0 Å². The number of fused-ring (bicyclic) bond motifs is 1. The highest BCUT2D eigenvalue weighted by molar-refractivity contribution is 6.09. The molecule has 0 unspecified atom stereocenters. The van der Waals surface area contributed by atoms with Crippen LogP contribution < -0.4 is 10.6 Å². The maximum atomic E-state index is 12.3. The first kappa shape index (κ1) is 12.9. The summed E-state index contributed by atoms with van der Waals surface area (Å²) in [5.74, 6) is 1.60. The van der Waals surface area contributed by atoms with Crippen molar-refractivity contribution in [3.05, 3.63) is 36.0 Å². The molecule has 0 atom stereocenters. The third-order valence-corrected chi connectivity index (χ3v) is 3.81. The van der Waals surface area contributed by atoms with Crippen molar-refractivity contribution in [3.8, 4) is 0 Å². The Bertz CT molecular complexity index is 635. The zero-order valence-electron chi connectivity index (χ0n) is 11.6. The fourth-order valence-electron chi connectivity index (χ4n) is 2.46. The molecule has 1 aliphatic rings. The van der Waals surface area contributed by atoms with Crippen molar-refractivity contribution in [2.75, 3.05) is 18.9 Å². The van der Waals surface area contributed by atoms with Gasteiger partial charge in [-0.2, -0.15) is 0 Å². The number of carbonyl (C=O) groups is 1. The number of amides is 1. The monoisotopic (exact) mass is 269 g/mol. The van der Waals surface area contributed by atoms with E-state index >= 15 is 0 Å². The summed E-state index contributed by atoms with van der Waals surface area (Å²) in [7, 11) is 1.84. The lowest BCUT2D eigenvalue weighted by Gasteiger charge is -2.10. The van der Waals surface area contributed by atoms with E-state index in [4.69, 9.17) is 0 Å². The van der Waals surface area contributed by atoms with Crippen molar-refractivity contribution >= 4 is 22.5 Å². The van der Waals surface area contributed by atoms with Gasteiger partial charge in [-0.05, 0) is 17.7 Å². The van der Waals surface area contributed by atoms with Gasteiger partial charge in [0.15, 0.2) is 0 Å². The fraction of sp³-hybridized carbons (Fsp3) is 0.375. The molecule has 0 aliphatic heterocycles. The summed E-state index contributed by atoms with van der Waals surface area (Å²) in [6.07, 6.45) is 5.38. The Hall–Kier alpha value is -2.10. The van der Waals surface area contributed by atoms with E-state index in [2.05, 4.69) is 15.6 Å². The highest BCUT2D eigenvalue weighted by Crippen LogP contribution is 2.31. The predicted molar refractivity (Wildman–Crippen MR) is 81.0 cm³/mol. The number of rotatable bonds is 5. The van der Waals surface area contributed by atoms with Crippen molar-refractivity contribution in [2.24, 2.45) is 5.92 Å². The molecule has 20 heavy (non-hydrogen) atoms. The quantitative estimate of drug-likeness (QED) is 0.877. The van der Waals surface area contributed by atoms with E-state index in [9.17, 15) is 4.79 Å². The third-order valence-electron chi connectivity index (χ3n) is 3.81. The summed E-state index contributed by atoms with van der Waals surface area (Å²) in [6, 6.07) is 7.85. The number of nitrogens with one attached hydrogen (secondary N) is 2.